The SMILES string of the molecule is CC(C)c1cnn2c1N=C(C(F)(F)F)CC2=O. The fraction of sp³-hybridized carbons (Fsp3) is 0.500. The van der Waals surface area contributed by atoms with Gasteiger partial charge in [-0.2, -0.15) is 23.0 Å². The minimum absolute atomic E-state index is 0.00331. The van der Waals surface area contributed by atoms with Crippen LogP contribution in [0.25, 0.3) is 0 Å². The minimum Gasteiger partial charge on any atom is -0.272 e. The van der Waals surface area contributed by atoms with E-state index in [1.54, 1.807) is 13.8 Å². The average molecular weight is 245 g/mol. The molecule has 2 heterocycles. The van der Waals surface area contributed by atoms with E-state index in [0.29, 0.717) is 5.56 Å². The number of rotatable bonds is 1. The Morgan fingerprint density at radius 3 is 2.59 bits per heavy atom. The Balaban J connectivity index is 2.56. The number of nitrogens with zero attached hydrogens (tertiary/aromatic N) is 3. The van der Waals surface area contributed by atoms with Gasteiger partial charge < -0.3 is 0 Å². The molecule has 0 saturated carbocycles. The van der Waals surface area contributed by atoms with Crippen molar-refractivity contribution in [3.05, 3.63) is 11.8 Å². The highest BCUT2D eigenvalue weighted by Crippen LogP contribution is 2.33. The number of carbonyl (C=O) groups excluding carboxylic acids is 1. The molecule has 1 aliphatic heterocycles. The predicted octanol–water partition coefficient (Wildman–Crippen LogP) is 2.69. The Morgan fingerprint density at radius 1 is 1.41 bits per heavy atom. The molecule has 1 aromatic heterocycles. The molecule has 0 spiro atoms. The Morgan fingerprint density at radius 2 is 2.06 bits per heavy atom. The maximum Gasteiger partial charge on any atom is 0.430 e. The van der Waals surface area contributed by atoms with E-state index < -0.39 is 24.2 Å². The van der Waals surface area contributed by atoms with Crippen LogP contribution < -0.4 is 0 Å². The largest absolute Gasteiger partial charge is 0.430 e. The molecule has 92 valence electrons. The van der Waals surface area contributed by atoms with Crippen molar-refractivity contribution in [3.8, 4) is 0 Å². The topological polar surface area (TPSA) is 47.2 Å². The van der Waals surface area contributed by atoms with E-state index >= 15 is 0 Å². The molecular weight excluding hydrogens is 235 g/mol. The van der Waals surface area contributed by atoms with Crippen LogP contribution in [0.15, 0.2) is 11.2 Å². The zero-order chi connectivity index (χ0) is 12.8. The van der Waals surface area contributed by atoms with Gasteiger partial charge in [-0.1, -0.05) is 13.8 Å². The van der Waals surface area contributed by atoms with Gasteiger partial charge in [-0.15, -0.1) is 0 Å². The van der Waals surface area contributed by atoms with Crippen molar-refractivity contribution in [1.82, 2.24) is 9.78 Å². The van der Waals surface area contributed by atoms with E-state index in [9.17, 15) is 18.0 Å². The highest BCUT2D eigenvalue weighted by atomic mass is 19.4. The Kier molecular flexibility index (Phi) is 2.56. The summed E-state index contributed by atoms with van der Waals surface area (Å²) in [5.41, 5.74) is -0.516. The molecular formula is C10H10F3N3O. The number of aromatic nitrogens is 2. The van der Waals surface area contributed by atoms with E-state index in [1.807, 2.05) is 0 Å². The third-order valence-corrected chi connectivity index (χ3v) is 2.52. The molecule has 0 amide bonds. The van der Waals surface area contributed by atoms with Gasteiger partial charge in [0, 0.05) is 5.56 Å². The molecule has 0 N–H and O–H groups in total. The summed E-state index contributed by atoms with van der Waals surface area (Å²) < 4.78 is 38.5. The Hall–Kier alpha value is -1.66. The van der Waals surface area contributed by atoms with Gasteiger partial charge in [-0.3, -0.25) is 4.79 Å². The number of halogens is 3. The van der Waals surface area contributed by atoms with Crippen LogP contribution in [0.5, 0.6) is 0 Å². The number of alkyl halides is 3. The molecule has 0 unspecified atom stereocenters. The number of hydrogen-bond acceptors (Lipinski definition) is 3. The molecule has 0 saturated heterocycles. The van der Waals surface area contributed by atoms with E-state index in [4.69, 9.17) is 0 Å². The van der Waals surface area contributed by atoms with Gasteiger partial charge >= 0.3 is 6.18 Å². The highest BCUT2D eigenvalue weighted by Gasteiger charge is 2.40. The minimum atomic E-state index is -4.57. The molecule has 17 heavy (non-hydrogen) atoms. The van der Waals surface area contributed by atoms with Crippen LogP contribution in [0, 0.1) is 0 Å². The van der Waals surface area contributed by atoms with E-state index in [1.165, 1.54) is 6.20 Å². The standard InChI is InChI=1S/C10H10F3N3O/c1-5(2)6-4-14-16-8(17)3-7(10(11,12)13)15-9(6)16/h4-5H,3H2,1-2H3. The Labute approximate surface area is 95.1 Å². The van der Waals surface area contributed by atoms with Crippen LogP contribution >= 0.6 is 0 Å². The van der Waals surface area contributed by atoms with Crippen LogP contribution in [-0.2, 0) is 0 Å². The third-order valence-electron chi connectivity index (χ3n) is 2.52. The number of aliphatic imine (C=N–C) groups is 1. The molecule has 0 aromatic carbocycles. The van der Waals surface area contributed by atoms with E-state index in [-0.39, 0.29) is 11.7 Å². The second kappa shape index (κ2) is 3.68. The van der Waals surface area contributed by atoms with Gasteiger partial charge in [0.25, 0.3) is 5.91 Å². The molecule has 7 heteroatoms. The molecule has 0 fully saturated rings. The first-order valence-electron chi connectivity index (χ1n) is 5.06. The van der Waals surface area contributed by atoms with Crippen LogP contribution in [-0.4, -0.2) is 27.6 Å². The quantitative estimate of drug-likeness (QED) is 0.763. The van der Waals surface area contributed by atoms with Crippen molar-refractivity contribution in [2.24, 2.45) is 4.99 Å². The summed E-state index contributed by atoms with van der Waals surface area (Å²) in [5, 5.41) is 3.77. The van der Waals surface area contributed by atoms with E-state index in [0.717, 1.165) is 4.68 Å². The number of fused-ring (bicyclic) bond motifs is 1. The molecule has 4 nitrogen and oxygen atoms in total. The number of carbonyl (C=O) groups is 1. The van der Waals surface area contributed by atoms with E-state index in [2.05, 4.69) is 10.1 Å². The summed E-state index contributed by atoms with van der Waals surface area (Å²) >= 11 is 0. The summed E-state index contributed by atoms with van der Waals surface area (Å²) in [4.78, 5) is 15.0. The Bertz CT molecular complexity index is 499. The van der Waals surface area contributed by atoms with Gasteiger partial charge in [0.05, 0.1) is 12.6 Å². The summed E-state index contributed by atoms with van der Waals surface area (Å²) in [5.74, 6) is -0.735. The van der Waals surface area contributed by atoms with Gasteiger partial charge in [0.15, 0.2) is 5.82 Å². The van der Waals surface area contributed by atoms with Crippen LogP contribution in [0.3, 0.4) is 0 Å². The first kappa shape index (κ1) is 11.8. The molecule has 0 radical (unpaired) electrons. The highest BCUT2D eigenvalue weighted by molar-refractivity contribution is 6.08. The lowest BCUT2D eigenvalue weighted by Gasteiger charge is -2.16. The predicted molar refractivity (Wildman–Crippen MR) is 54.7 cm³/mol. The lowest BCUT2D eigenvalue weighted by Crippen LogP contribution is -2.31. The normalized spacial score (nSPS) is 16.1. The summed E-state index contributed by atoms with van der Waals surface area (Å²) in [7, 11) is 0. The fourth-order valence-electron chi connectivity index (χ4n) is 1.61. The fourth-order valence-corrected chi connectivity index (χ4v) is 1.61. The summed E-state index contributed by atoms with van der Waals surface area (Å²) in [6.45, 7) is 3.61. The summed E-state index contributed by atoms with van der Waals surface area (Å²) in [6, 6.07) is 0. The van der Waals surface area contributed by atoms with Crippen molar-refractivity contribution in [2.45, 2.75) is 32.4 Å². The molecule has 0 atom stereocenters. The van der Waals surface area contributed by atoms with Crippen molar-refractivity contribution < 1.29 is 18.0 Å². The molecule has 0 aliphatic carbocycles. The zero-order valence-electron chi connectivity index (χ0n) is 9.25. The molecule has 0 bridgehead atoms. The lowest BCUT2D eigenvalue weighted by atomic mass is 10.1. The van der Waals surface area contributed by atoms with Crippen molar-refractivity contribution in [3.63, 3.8) is 0 Å². The van der Waals surface area contributed by atoms with Crippen molar-refractivity contribution in [1.29, 1.82) is 0 Å². The van der Waals surface area contributed by atoms with Gasteiger partial charge in [0.1, 0.15) is 5.71 Å². The monoisotopic (exact) mass is 245 g/mol. The van der Waals surface area contributed by atoms with Crippen LogP contribution in [0.2, 0.25) is 0 Å². The zero-order valence-corrected chi connectivity index (χ0v) is 9.25. The average Bonchev–Trinajstić information content (AvgIpc) is 2.60. The smallest absolute Gasteiger partial charge is 0.272 e. The second-order valence-electron chi connectivity index (χ2n) is 4.12. The first-order chi connectivity index (χ1) is 7.80. The molecule has 1 aromatic rings. The van der Waals surface area contributed by atoms with Gasteiger partial charge in [-0.05, 0) is 5.92 Å². The molecule has 2 rings (SSSR count). The lowest BCUT2D eigenvalue weighted by molar-refractivity contribution is -0.0604. The van der Waals surface area contributed by atoms with Crippen molar-refractivity contribution >= 4 is 17.4 Å². The maximum atomic E-state index is 12.5. The van der Waals surface area contributed by atoms with Gasteiger partial charge in [-0.25, -0.2) is 4.99 Å². The first-order valence-corrected chi connectivity index (χ1v) is 5.06. The second-order valence-corrected chi connectivity index (χ2v) is 4.12. The van der Waals surface area contributed by atoms with Crippen LogP contribution in [0.4, 0.5) is 19.0 Å². The maximum absolute atomic E-state index is 12.5. The van der Waals surface area contributed by atoms with Crippen molar-refractivity contribution in [2.75, 3.05) is 0 Å². The summed E-state index contributed by atoms with van der Waals surface area (Å²) in [6.07, 6.45) is -3.93. The van der Waals surface area contributed by atoms with Crippen LogP contribution in [0.1, 0.15) is 36.5 Å². The third kappa shape index (κ3) is 1.96. The number of hydrogen-bond donors (Lipinski definition) is 0. The van der Waals surface area contributed by atoms with Gasteiger partial charge in [0.2, 0.25) is 0 Å². The molecule has 1 aliphatic rings.